The molecule has 3 aliphatic heterocycles. The highest BCUT2D eigenvalue weighted by atomic mass is 32.2. The first-order valence-corrected chi connectivity index (χ1v) is 19.6. The first kappa shape index (κ1) is 39.3. The van der Waals surface area contributed by atoms with E-state index in [9.17, 15) is 36.0 Å². The fraction of sp³-hybridized carbons (Fsp3) is 0.361. The van der Waals surface area contributed by atoms with Crippen LogP contribution in [0.5, 0.6) is 0 Å². The van der Waals surface area contributed by atoms with Crippen molar-refractivity contribution in [3.05, 3.63) is 88.8 Å². The second-order valence-electron chi connectivity index (χ2n) is 13.8. The molecule has 0 aliphatic carbocycles. The van der Waals surface area contributed by atoms with Gasteiger partial charge in [-0.3, -0.25) is 33.9 Å². The molecule has 1 atom stereocenters. The van der Waals surface area contributed by atoms with E-state index in [4.69, 9.17) is 0 Å². The van der Waals surface area contributed by atoms with Crippen LogP contribution in [-0.2, 0) is 45.4 Å². The number of rotatable bonds is 11. The Labute approximate surface area is 324 Å². The molecule has 3 amide bonds. The number of amides is 3. The van der Waals surface area contributed by atoms with Gasteiger partial charge in [0, 0.05) is 93.8 Å². The Morgan fingerprint density at radius 1 is 1.00 bits per heavy atom. The van der Waals surface area contributed by atoms with Crippen LogP contribution in [0.1, 0.15) is 45.6 Å². The van der Waals surface area contributed by atoms with Gasteiger partial charge in [0.15, 0.2) is 5.82 Å². The van der Waals surface area contributed by atoms with E-state index in [1.165, 1.54) is 30.4 Å². The highest BCUT2D eigenvalue weighted by Gasteiger charge is 2.40. The molecule has 0 spiro atoms. The molecule has 7 rings (SSSR count). The summed E-state index contributed by atoms with van der Waals surface area (Å²) >= 11 is 0. The summed E-state index contributed by atoms with van der Waals surface area (Å²) < 4.78 is 82.0. The number of nitrogens with one attached hydrogen (secondary N) is 3. The summed E-state index contributed by atoms with van der Waals surface area (Å²) in [6.07, 6.45) is -0.265. The van der Waals surface area contributed by atoms with Gasteiger partial charge in [0.1, 0.15) is 28.9 Å². The highest BCUT2D eigenvalue weighted by molar-refractivity contribution is 7.92. The Balaban J connectivity index is 0.959. The van der Waals surface area contributed by atoms with E-state index in [2.05, 4.69) is 45.7 Å². The number of hydrogen-bond acceptors (Lipinski definition) is 13. The van der Waals surface area contributed by atoms with Crippen molar-refractivity contribution in [2.75, 3.05) is 59.3 Å². The van der Waals surface area contributed by atoms with Gasteiger partial charge >= 0.3 is 6.18 Å². The van der Waals surface area contributed by atoms with Crippen LogP contribution in [0, 0.1) is 5.82 Å². The van der Waals surface area contributed by atoms with Crippen molar-refractivity contribution < 1.29 is 40.4 Å². The summed E-state index contributed by atoms with van der Waals surface area (Å²) in [7, 11) is -2.47. The van der Waals surface area contributed by atoms with Crippen LogP contribution in [0.4, 0.5) is 46.5 Å². The number of halogens is 4. The van der Waals surface area contributed by atoms with E-state index in [0.717, 1.165) is 16.2 Å². The van der Waals surface area contributed by atoms with Crippen LogP contribution >= 0.6 is 0 Å². The third-order valence-electron chi connectivity index (χ3n) is 10.0. The average molecular weight is 812 g/mol. The third kappa shape index (κ3) is 8.58. The fourth-order valence-corrected chi connectivity index (χ4v) is 7.37. The summed E-state index contributed by atoms with van der Waals surface area (Å²) in [5.41, 5.74) is 1.66. The van der Waals surface area contributed by atoms with Gasteiger partial charge in [-0.25, -0.2) is 22.8 Å². The fourth-order valence-electron chi connectivity index (χ4n) is 6.91. The number of alkyl halides is 3. The molecule has 2 saturated heterocycles. The minimum atomic E-state index is -4.79. The molecule has 0 bridgehead atoms. The van der Waals surface area contributed by atoms with E-state index < -0.39 is 51.3 Å². The van der Waals surface area contributed by atoms with Gasteiger partial charge in [-0.05, 0) is 48.4 Å². The molecule has 2 aromatic carbocycles. The summed E-state index contributed by atoms with van der Waals surface area (Å²) in [6, 6.07) is 9.30. The number of anilines is 5. The predicted molar refractivity (Wildman–Crippen MR) is 199 cm³/mol. The number of aromatic nitrogens is 4. The van der Waals surface area contributed by atoms with E-state index in [1.807, 2.05) is 12.1 Å². The molecule has 2 aromatic heterocycles. The van der Waals surface area contributed by atoms with Gasteiger partial charge in [0.25, 0.3) is 5.91 Å². The Kier molecular flexibility index (Phi) is 10.7. The van der Waals surface area contributed by atoms with Gasteiger partial charge in [-0.2, -0.15) is 18.2 Å². The SMILES string of the molecule is CN(c1nccnc1CNc1nc(Nc2ccc(N3CCN(Cc4cc5c(cc4F)C(=O)N(C4CCC(=O)NC4=O)C5)CC3)cc2)ncc1C(F)(F)F)S(C)(=O)=O. The summed E-state index contributed by atoms with van der Waals surface area (Å²) in [6.45, 7) is 2.66. The molecule has 2 fully saturated rings. The van der Waals surface area contributed by atoms with Crippen molar-refractivity contribution in [1.29, 1.82) is 0 Å². The number of piperazine rings is 1. The lowest BCUT2D eigenvalue weighted by Gasteiger charge is -2.36. The largest absolute Gasteiger partial charge is 0.421 e. The molecule has 57 heavy (non-hydrogen) atoms. The first-order chi connectivity index (χ1) is 27.0. The maximum Gasteiger partial charge on any atom is 0.421 e. The Morgan fingerprint density at radius 2 is 1.72 bits per heavy atom. The molecule has 1 unspecified atom stereocenters. The van der Waals surface area contributed by atoms with Crippen LogP contribution in [-0.4, -0.2) is 101 Å². The van der Waals surface area contributed by atoms with Crippen molar-refractivity contribution in [2.45, 2.75) is 44.7 Å². The maximum atomic E-state index is 15.3. The molecular weight excluding hydrogens is 775 g/mol. The Hall–Kier alpha value is -5.96. The number of piperidine rings is 1. The maximum absolute atomic E-state index is 15.3. The van der Waals surface area contributed by atoms with Gasteiger partial charge < -0.3 is 20.4 Å². The van der Waals surface area contributed by atoms with Gasteiger partial charge in [0.05, 0.1) is 12.8 Å². The summed E-state index contributed by atoms with van der Waals surface area (Å²) in [4.78, 5) is 58.7. The number of fused-ring (bicyclic) bond motifs is 1. The minimum Gasteiger partial charge on any atom is -0.369 e. The number of nitrogens with zero attached hydrogens (tertiary/aromatic N) is 8. The van der Waals surface area contributed by atoms with Gasteiger partial charge in [-0.15, -0.1) is 0 Å². The van der Waals surface area contributed by atoms with E-state index in [-0.39, 0.29) is 54.9 Å². The van der Waals surface area contributed by atoms with Crippen molar-refractivity contribution in [2.24, 2.45) is 0 Å². The number of hydrogen-bond donors (Lipinski definition) is 3. The molecule has 4 aromatic rings. The van der Waals surface area contributed by atoms with E-state index in [0.29, 0.717) is 55.7 Å². The second kappa shape index (κ2) is 15.5. The van der Waals surface area contributed by atoms with Gasteiger partial charge in [-0.1, -0.05) is 0 Å². The standard InChI is InChI=1S/C36H37F4N11O5S/c1-48(57(2,55)56)32-28(41-9-10-42-32)18-43-31-26(36(38,39)40)17-44-35(47-31)45-23-3-5-24(6-4-23)50-13-11-49(12-14-50)19-22-15-21-20-51(34(54)25(21)16-27(22)37)29-7-8-30(52)46-33(29)53/h3-6,9-10,15-17,29H,7-8,11-14,18-20H2,1-2H3,(H,46,52,53)(H2,43,44,45,47). The zero-order chi connectivity index (χ0) is 40.6. The minimum absolute atomic E-state index is 0.0525. The molecule has 5 heterocycles. The van der Waals surface area contributed by atoms with Gasteiger partial charge in [0.2, 0.25) is 27.8 Å². The zero-order valence-electron chi connectivity index (χ0n) is 30.7. The summed E-state index contributed by atoms with van der Waals surface area (Å²) in [5.74, 6) is -2.56. The molecule has 300 valence electrons. The summed E-state index contributed by atoms with van der Waals surface area (Å²) in [5, 5.41) is 7.80. The molecule has 0 saturated carbocycles. The second-order valence-corrected chi connectivity index (χ2v) is 15.8. The quantitative estimate of drug-likeness (QED) is 0.148. The van der Waals surface area contributed by atoms with Crippen LogP contribution in [0.25, 0.3) is 0 Å². The van der Waals surface area contributed by atoms with Crippen molar-refractivity contribution in [3.8, 4) is 0 Å². The smallest absolute Gasteiger partial charge is 0.369 e. The molecule has 21 heteroatoms. The molecule has 0 radical (unpaired) electrons. The number of imide groups is 1. The van der Waals surface area contributed by atoms with E-state index >= 15 is 4.39 Å². The number of carbonyl (C=O) groups is 3. The van der Waals surface area contributed by atoms with E-state index in [1.54, 1.807) is 18.2 Å². The lowest BCUT2D eigenvalue weighted by Crippen LogP contribution is -2.52. The molecule has 3 N–H and O–H groups in total. The van der Waals surface area contributed by atoms with Crippen LogP contribution < -0.4 is 25.2 Å². The highest BCUT2D eigenvalue weighted by Crippen LogP contribution is 2.35. The monoisotopic (exact) mass is 811 g/mol. The Morgan fingerprint density at radius 3 is 2.40 bits per heavy atom. The lowest BCUT2D eigenvalue weighted by atomic mass is 10.0. The van der Waals surface area contributed by atoms with Crippen LogP contribution in [0.3, 0.4) is 0 Å². The molecule has 16 nitrogen and oxygen atoms in total. The van der Waals surface area contributed by atoms with Crippen LogP contribution in [0.15, 0.2) is 55.0 Å². The zero-order valence-corrected chi connectivity index (χ0v) is 31.5. The third-order valence-corrected chi connectivity index (χ3v) is 11.2. The molecular formula is C36H37F4N11O5S. The Bertz CT molecular complexity index is 2320. The first-order valence-electron chi connectivity index (χ1n) is 17.8. The lowest BCUT2D eigenvalue weighted by molar-refractivity contribution is -0.138. The van der Waals surface area contributed by atoms with Crippen molar-refractivity contribution in [3.63, 3.8) is 0 Å². The predicted octanol–water partition coefficient (Wildman–Crippen LogP) is 3.26. The number of sulfonamides is 1. The van der Waals surface area contributed by atoms with Crippen molar-refractivity contribution in [1.82, 2.24) is 35.1 Å². The molecule has 3 aliphatic rings. The number of benzene rings is 2. The average Bonchev–Trinajstić information content (AvgIpc) is 3.47. The number of carbonyl (C=O) groups excluding carboxylic acids is 3. The normalized spacial score (nSPS) is 17.7. The van der Waals surface area contributed by atoms with Crippen LogP contribution in [0.2, 0.25) is 0 Å². The van der Waals surface area contributed by atoms with Crippen molar-refractivity contribution >= 4 is 56.7 Å². The topological polar surface area (TPSA) is 186 Å².